The van der Waals surface area contributed by atoms with Crippen LogP contribution in [0.2, 0.25) is 0 Å². The molecule has 0 fully saturated rings. The second-order valence-electron chi connectivity index (χ2n) is 5.57. The van der Waals surface area contributed by atoms with Crippen LogP contribution in [0, 0.1) is 11.7 Å². The molecule has 0 aliphatic rings. The van der Waals surface area contributed by atoms with Crippen molar-refractivity contribution in [2.45, 2.75) is 32.9 Å². The first-order chi connectivity index (χ1) is 11.9. The fourth-order valence-corrected chi connectivity index (χ4v) is 2.10. The van der Waals surface area contributed by atoms with Crippen molar-refractivity contribution in [1.29, 1.82) is 0 Å². The van der Waals surface area contributed by atoms with Gasteiger partial charge in [0, 0.05) is 6.07 Å². The number of para-hydroxylation sites is 1. The van der Waals surface area contributed by atoms with Crippen LogP contribution in [0.25, 0.3) is 0 Å². The Morgan fingerprint density at radius 1 is 1.40 bits per heavy atom. The van der Waals surface area contributed by atoms with Crippen LogP contribution in [-0.4, -0.2) is 28.2 Å². The normalized spacial score (nSPS) is 13.1. The maximum absolute atomic E-state index is 13.5. The maximum Gasteiger partial charge on any atom is 0.326 e. The van der Waals surface area contributed by atoms with Gasteiger partial charge in [-0.1, -0.05) is 37.6 Å². The first kappa shape index (κ1) is 18.4. The van der Waals surface area contributed by atoms with Crippen molar-refractivity contribution in [3.8, 4) is 5.75 Å². The molecule has 2 aromatic rings. The van der Waals surface area contributed by atoms with Gasteiger partial charge in [-0.05, 0) is 18.1 Å². The standard InChI is InChI=1S/C17H19FN2O5/c1-3-10(2)15(17(22)23)19-16(21)13-8-11(25-20-13)9-24-14-7-5-4-6-12(14)18/h4-8,10,15H,3,9H2,1-2H3,(H,19,21)(H,22,23). The van der Waals surface area contributed by atoms with Crippen LogP contribution in [0.15, 0.2) is 34.9 Å². The van der Waals surface area contributed by atoms with Gasteiger partial charge in [0.2, 0.25) is 0 Å². The topological polar surface area (TPSA) is 102 Å². The van der Waals surface area contributed by atoms with Crippen molar-refractivity contribution in [3.63, 3.8) is 0 Å². The van der Waals surface area contributed by atoms with E-state index in [1.165, 1.54) is 24.3 Å². The quantitative estimate of drug-likeness (QED) is 0.759. The van der Waals surface area contributed by atoms with Crippen molar-refractivity contribution in [2.24, 2.45) is 5.92 Å². The first-order valence-corrected chi connectivity index (χ1v) is 7.79. The number of aliphatic carboxylic acids is 1. The molecule has 0 aliphatic carbocycles. The predicted molar refractivity (Wildman–Crippen MR) is 85.6 cm³/mol. The molecule has 0 aliphatic heterocycles. The van der Waals surface area contributed by atoms with E-state index in [1.54, 1.807) is 13.0 Å². The number of benzene rings is 1. The highest BCUT2D eigenvalue weighted by atomic mass is 19.1. The maximum atomic E-state index is 13.5. The van der Waals surface area contributed by atoms with Crippen molar-refractivity contribution >= 4 is 11.9 Å². The number of rotatable bonds is 8. The number of aromatic nitrogens is 1. The van der Waals surface area contributed by atoms with Crippen molar-refractivity contribution < 1.29 is 28.3 Å². The van der Waals surface area contributed by atoms with Gasteiger partial charge >= 0.3 is 5.97 Å². The third-order valence-corrected chi connectivity index (χ3v) is 3.76. The number of hydrogen-bond donors (Lipinski definition) is 2. The summed E-state index contributed by atoms with van der Waals surface area (Å²) < 4.78 is 23.7. The number of halogens is 1. The largest absolute Gasteiger partial charge is 0.482 e. The van der Waals surface area contributed by atoms with Gasteiger partial charge in [0.1, 0.15) is 12.6 Å². The number of carbonyl (C=O) groups is 2. The van der Waals surface area contributed by atoms with Gasteiger partial charge < -0.3 is 19.7 Å². The Morgan fingerprint density at radius 3 is 2.76 bits per heavy atom. The molecule has 134 valence electrons. The van der Waals surface area contributed by atoms with E-state index in [0.717, 1.165) is 0 Å². The van der Waals surface area contributed by atoms with Gasteiger partial charge in [0.15, 0.2) is 23.0 Å². The Bertz CT molecular complexity index is 746. The number of amides is 1. The summed E-state index contributed by atoms with van der Waals surface area (Å²) in [5.41, 5.74) is -0.0679. The third kappa shape index (κ3) is 4.79. The SMILES string of the molecule is CCC(C)C(NC(=O)c1cc(COc2ccccc2F)on1)C(=O)O. The van der Waals surface area contributed by atoms with Gasteiger partial charge in [-0.2, -0.15) is 0 Å². The monoisotopic (exact) mass is 350 g/mol. The Kier molecular flexibility index (Phi) is 6.10. The summed E-state index contributed by atoms with van der Waals surface area (Å²) in [7, 11) is 0. The third-order valence-electron chi connectivity index (χ3n) is 3.76. The molecule has 0 spiro atoms. The molecule has 2 unspecified atom stereocenters. The van der Waals surface area contributed by atoms with E-state index in [9.17, 15) is 19.1 Å². The summed E-state index contributed by atoms with van der Waals surface area (Å²) in [5.74, 6) is -2.27. The average molecular weight is 350 g/mol. The molecular formula is C17H19FN2O5. The highest BCUT2D eigenvalue weighted by Crippen LogP contribution is 2.17. The summed E-state index contributed by atoms with van der Waals surface area (Å²) >= 11 is 0. The van der Waals surface area contributed by atoms with E-state index in [4.69, 9.17) is 9.26 Å². The van der Waals surface area contributed by atoms with Crippen LogP contribution in [0.5, 0.6) is 5.75 Å². The number of nitrogens with one attached hydrogen (secondary N) is 1. The van der Waals surface area contributed by atoms with Crippen LogP contribution >= 0.6 is 0 Å². The summed E-state index contributed by atoms with van der Waals surface area (Å²) in [5, 5.41) is 15.2. The first-order valence-electron chi connectivity index (χ1n) is 7.79. The van der Waals surface area contributed by atoms with Gasteiger partial charge in [0.25, 0.3) is 5.91 Å². The van der Waals surface area contributed by atoms with Gasteiger partial charge in [-0.25, -0.2) is 9.18 Å². The zero-order valence-corrected chi connectivity index (χ0v) is 13.9. The van der Waals surface area contributed by atoms with Crippen LogP contribution in [0.4, 0.5) is 4.39 Å². The minimum Gasteiger partial charge on any atom is -0.482 e. The van der Waals surface area contributed by atoms with E-state index in [2.05, 4.69) is 10.5 Å². The highest BCUT2D eigenvalue weighted by molar-refractivity contribution is 5.94. The lowest BCUT2D eigenvalue weighted by Gasteiger charge is -2.19. The molecule has 0 saturated heterocycles. The molecule has 1 aromatic carbocycles. The number of nitrogens with zero attached hydrogens (tertiary/aromatic N) is 1. The van der Waals surface area contributed by atoms with E-state index in [0.29, 0.717) is 6.42 Å². The van der Waals surface area contributed by atoms with Crippen LogP contribution in [0.3, 0.4) is 0 Å². The summed E-state index contributed by atoms with van der Waals surface area (Å²) in [6.07, 6.45) is 0.595. The Balaban J connectivity index is 1.99. The fraction of sp³-hybridized carbons (Fsp3) is 0.353. The molecule has 25 heavy (non-hydrogen) atoms. The Labute approximate surface area is 143 Å². The molecule has 1 aromatic heterocycles. The summed E-state index contributed by atoms with van der Waals surface area (Å²) in [6.45, 7) is 3.45. The molecule has 2 atom stereocenters. The lowest BCUT2D eigenvalue weighted by molar-refractivity contribution is -0.140. The summed E-state index contributed by atoms with van der Waals surface area (Å²) in [6, 6.07) is 6.19. The summed E-state index contributed by atoms with van der Waals surface area (Å²) in [4.78, 5) is 23.4. The second-order valence-corrected chi connectivity index (χ2v) is 5.57. The molecule has 2 rings (SSSR count). The number of carbonyl (C=O) groups excluding carboxylic acids is 1. The van der Waals surface area contributed by atoms with Gasteiger partial charge in [0.05, 0.1) is 0 Å². The number of carboxylic acids is 1. The number of ether oxygens (including phenoxy) is 1. The molecule has 0 saturated carbocycles. The van der Waals surface area contributed by atoms with E-state index < -0.39 is 23.7 Å². The average Bonchev–Trinajstić information content (AvgIpc) is 3.07. The van der Waals surface area contributed by atoms with E-state index in [-0.39, 0.29) is 29.7 Å². The number of hydrogen-bond acceptors (Lipinski definition) is 5. The zero-order valence-electron chi connectivity index (χ0n) is 13.9. The predicted octanol–water partition coefficient (Wildman–Crippen LogP) is 2.62. The van der Waals surface area contributed by atoms with Crippen molar-refractivity contribution in [2.75, 3.05) is 0 Å². The van der Waals surface area contributed by atoms with Gasteiger partial charge in [-0.3, -0.25) is 4.79 Å². The van der Waals surface area contributed by atoms with Crippen LogP contribution in [-0.2, 0) is 11.4 Å². The van der Waals surface area contributed by atoms with Crippen LogP contribution in [0.1, 0.15) is 36.5 Å². The van der Waals surface area contributed by atoms with Crippen LogP contribution < -0.4 is 10.1 Å². The molecule has 2 N–H and O–H groups in total. The minimum absolute atomic E-state index is 0.0487. The van der Waals surface area contributed by atoms with Crippen molar-refractivity contribution in [1.82, 2.24) is 10.5 Å². The minimum atomic E-state index is -1.12. The smallest absolute Gasteiger partial charge is 0.326 e. The molecule has 0 bridgehead atoms. The molecule has 1 heterocycles. The molecular weight excluding hydrogens is 331 g/mol. The molecule has 1 amide bonds. The molecule has 7 nitrogen and oxygen atoms in total. The van der Waals surface area contributed by atoms with Crippen molar-refractivity contribution in [3.05, 3.63) is 47.6 Å². The lowest BCUT2D eigenvalue weighted by atomic mass is 9.99. The number of carboxylic acid groups (broad SMARTS) is 1. The molecule has 8 heteroatoms. The highest BCUT2D eigenvalue weighted by Gasteiger charge is 2.27. The fourth-order valence-electron chi connectivity index (χ4n) is 2.10. The van der Waals surface area contributed by atoms with Gasteiger partial charge in [-0.15, -0.1) is 0 Å². The molecule has 0 radical (unpaired) electrons. The van der Waals surface area contributed by atoms with E-state index >= 15 is 0 Å². The van der Waals surface area contributed by atoms with E-state index in [1.807, 2.05) is 6.92 Å². The Hall–Kier alpha value is -2.90. The lowest BCUT2D eigenvalue weighted by Crippen LogP contribution is -2.45. The second kappa shape index (κ2) is 8.27. The Morgan fingerprint density at radius 2 is 2.12 bits per heavy atom. The zero-order chi connectivity index (χ0) is 18.4.